The summed E-state index contributed by atoms with van der Waals surface area (Å²) in [7, 11) is 4.32. The van der Waals surface area contributed by atoms with Crippen molar-refractivity contribution in [2.45, 2.75) is 50.7 Å². The molecule has 0 amide bonds. The number of hydrogen-bond donors (Lipinski definition) is 4. The monoisotopic (exact) mass is 560 g/mol. The number of para-hydroxylation sites is 1. The number of rotatable bonds is 4. The largest absolute Gasteiger partial charge is 0.508 e. The molecule has 0 bridgehead atoms. The Balaban J connectivity index is 1.28. The average molecular weight is 561 g/mol. The first kappa shape index (κ1) is 25.6. The van der Waals surface area contributed by atoms with E-state index >= 15 is 0 Å². The highest BCUT2D eigenvalue weighted by atomic mass is 16.3. The summed E-state index contributed by atoms with van der Waals surface area (Å²) in [5.41, 5.74) is 10.7. The molecule has 7 heteroatoms. The summed E-state index contributed by atoms with van der Waals surface area (Å²) in [6.07, 6.45) is 8.73. The van der Waals surface area contributed by atoms with Crippen molar-refractivity contribution in [2.75, 3.05) is 27.2 Å². The quantitative estimate of drug-likeness (QED) is 0.211. The summed E-state index contributed by atoms with van der Waals surface area (Å²) in [6, 6.07) is 12.7. The number of likely N-dealkylation sites (N-methyl/N-ethyl adjacent to an activating group) is 1. The van der Waals surface area contributed by atoms with Crippen LogP contribution < -0.4 is 4.57 Å². The molecule has 7 nitrogen and oxygen atoms in total. The zero-order chi connectivity index (χ0) is 28.7. The van der Waals surface area contributed by atoms with Crippen molar-refractivity contribution in [1.82, 2.24) is 19.8 Å². The maximum atomic E-state index is 12.1. The molecule has 0 saturated carbocycles. The van der Waals surface area contributed by atoms with Gasteiger partial charge in [0.05, 0.1) is 11.6 Å². The maximum absolute atomic E-state index is 12.1. The van der Waals surface area contributed by atoms with E-state index in [-0.39, 0.29) is 12.1 Å². The Hall–Kier alpha value is -4.07. The molecule has 5 aromatic rings. The van der Waals surface area contributed by atoms with Crippen molar-refractivity contribution in [3.63, 3.8) is 0 Å². The third-order valence-corrected chi connectivity index (χ3v) is 10.3. The number of aryl methyl sites for hydroxylation is 2. The normalized spacial score (nSPS) is 20.6. The van der Waals surface area contributed by atoms with Crippen molar-refractivity contribution in [1.29, 1.82) is 0 Å². The second-order valence-corrected chi connectivity index (χ2v) is 12.5. The molecule has 3 aromatic heterocycles. The van der Waals surface area contributed by atoms with Gasteiger partial charge in [0.15, 0.2) is 18.5 Å². The van der Waals surface area contributed by atoms with Crippen molar-refractivity contribution >= 4 is 27.9 Å². The molecular formula is C35H38N5O2+. The summed E-state index contributed by atoms with van der Waals surface area (Å²) in [5.74, 6) is 0.661. The second-order valence-electron chi connectivity index (χ2n) is 12.5. The lowest BCUT2D eigenvalue weighted by Crippen LogP contribution is -2.41. The number of nitrogens with one attached hydrogen (secondary N) is 2. The van der Waals surface area contributed by atoms with Gasteiger partial charge in [-0.15, -0.1) is 0 Å². The lowest BCUT2D eigenvalue weighted by molar-refractivity contribution is -0.688. The van der Waals surface area contributed by atoms with E-state index in [1.807, 2.05) is 18.2 Å². The number of likely N-dealkylation sites (tertiary alicyclic amines) is 1. The van der Waals surface area contributed by atoms with Gasteiger partial charge in [-0.05, 0) is 75.6 Å². The third-order valence-electron chi connectivity index (χ3n) is 10.3. The van der Waals surface area contributed by atoms with E-state index in [4.69, 9.17) is 0 Å². The molecular weight excluding hydrogens is 522 g/mol. The summed E-state index contributed by atoms with van der Waals surface area (Å²) < 4.78 is 2.17. The molecule has 3 aliphatic heterocycles. The fraction of sp³-hybridized carbons (Fsp3) is 0.343. The van der Waals surface area contributed by atoms with Crippen molar-refractivity contribution in [2.24, 2.45) is 0 Å². The minimum Gasteiger partial charge on any atom is -0.508 e. The van der Waals surface area contributed by atoms with Gasteiger partial charge in [0.25, 0.3) is 5.69 Å². The van der Waals surface area contributed by atoms with Gasteiger partial charge < -0.3 is 20.2 Å². The number of phenolic OH excluding ortho intramolecular Hbond substituents is 1. The van der Waals surface area contributed by atoms with Crippen LogP contribution in [0.15, 0.2) is 49.2 Å². The fourth-order valence-electron chi connectivity index (χ4n) is 8.08. The fourth-order valence-corrected chi connectivity index (χ4v) is 8.08. The Morgan fingerprint density at radius 2 is 1.86 bits per heavy atom. The van der Waals surface area contributed by atoms with E-state index < -0.39 is 0 Å². The molecule has 0 radical (unpaired) electrons. The predicted octanol–water partition coefficient (Wildman–Crippen LogP) is 5.75. The van der Waals surface area contributed by atoms with E-state index in [2.05, 4.69) is 75.5 Å². The average Bonchev–Trinajstić information content (AvgIpc) is 3.70. The van der Waals surface area contributed by atoms with Gasteiger partial charge in [0.1, 0.15) is 11.4 Å². The van der Waals surface area contributed by atoms with Crippen LogP contribution in [0.3, 0.4) is 0 Å². The molecule has 0 aliphatic carbocycles. The highest BCUT2D eigenvalue weighted by molar-refractivity contribution is 5.95. The lowest BCUT2D eigenvalue weighted by Gasteiger charge is -2.33. The highest BCUT2D eigenvalue weighted by Crippen LogP contribution is 2.46. The van der Waals surface area contributed by atoms with E-state index in [0.717, 1.165) is 84.3 Å². The Kier molecular flexibility index (Phi) is 5.78. The summed E-state index contributed by atoms with van der Waals surface area (Å²) in [6.45, 7) is 6.91. The molecule has 8 rings (SSSR count). The number of aromatic hydroxyl groups is 2. The van der Waals surface area contributed by atoms with Crippen LogP contribution in [0.2, 0.25) is 0 Å². The minimum atomic E-state index is 0.112. The first-order chi connectivity index (χ1) is 20.4. The van der Waals surface area contributed by atoms with Gasteiger partial charge in [0.2, 0.25) is 0 Å². The first-order valence-electron chi connectivity index (χ1n) is 15.2. The number of nitrogens with zero attached hydrogens (tertiary/aromatic N) is 3. The van der Waals surface area contributed by atoms with E-state index in [1.165, 1.54) is 27.7 Å². The molecule has 0 spiro atoms. The number of H-pyrrole nitrogens is 2. The molecule has 6 heterocycles. The highest BCUT2D eigenvalue weighted by Gasteiger charge is 2.37. The van der Waals surface area contributed by atoms with Gasteiger partial charge in [-0.1, -0.05) is 30.9 Å². The smallest absolute Gasteiger partial charge is 0.271 e. The van der Waals surface area contributed by atoms with Gasteiger partial charge in [-0.2, -0.15) is 4.57 Å². The maximum Gasteiger partial charge on any atom is 0.271 e. The molecule has 3 aliphatic rings. The molecule has 214 valence electrons. The standard InChI is InChI=1S/C35H37N5O2/c1-4-20-19-40-17-14-24-22-11-12-29(41)30(27-10-7-15-38(27)2)32(22)37-33(24)34(40)35(42)25(20)18-28-31-23(13-16-39(28)3)21-8-5-6-9-26(21)36-31/h4-6,8-9,11-12,19,27-28,36H,1,7,10,13-18H2,2-3H3,(H2,37,41,42)/p+1/t27-,28+/m1/s1. The van der Waals surface area contributed by atoms with Crippen LogP contribution in [0.25, 0.3) is 39.3 Å². The van der Waals surface area contributed by atoms with Crippen molar-refractivity contribution in [3.05, 3.63) is 82.7 Å². The first-order valence-corrected chi connectivity index (χ1v) is 15.2. The van der Waals surface area contributed by atoms with Crippen LogP contribution >= 0.6 is 0 Å². The molecule has 1 fully saturated rings. The van der Waals surface area contributed by atoms with Gasteiger partial charge in [-0.25, -0.2) is 0 Å². The Bertz CT molecular complexity index is 1900. The van der Waals surface area contributed by atoms with E-state index in [0.29, 0.717) is 17.9 Å². The van der Waals surface area contributed by atoms with Crippen LogP contribution in [-0.4, -0.2) is 57.2 Å². The SMILES string of the molecule is C=Cc1c[n+]2c(c(O)c1C[C@H]1c3[nH]c4ccccc4c3CCN1C)-c1[nH]c3c([C@H]4CCCN4C)c(O)ccc3c1CC2. The van der Waals surface area contributed by atoms with Gasteiger partial charge in [0, 0.05) is 57.7 Å². The van der Waals surface area contributed by atoms with Crippen molar-refractivity contribution in [3.8, 4) is 22.9 Å². The number of pyridine rings is 1. The lowest BCUT2D eigenvalue weighted by atomic mass is 9.90. The third kappa shape index (κ3) is 3.63. The Morgan fingerprint density at radius 1 is 1.00 bits per heavy atom. The number of phenols is 1. The zero-order valence-corrected chi connectivity index (χ0v) is 24.4. The van der Waals surface area contributed by atoms with Crippen LogP contribution in [0.1, 0.15) is 58.4 Å². The van der Waals surface area contributed by atoms with Crippen molar-refractivity contribution < 1.29 is 14.8 Å². The van der Waals surface area contributed by atoms with Crippen LogP contribution in [0.5, 0.6) is 11.5 Å². The van der Waals surface area contributed by atoms with Crippen LogP contribution in [0.4, 0.5) is 0 Å². The summed E-state index contributed by atoms with van der Waals surface area (Å²) >= 11 is 0. The molecule has 2 aromatic carbocycles. The molecule has 1 saturated heterocycles. The second kappa shape index (κ2) is 9.48. The Morgan fingerprint density at radius 3 is 2.67 bits per heavy atom. The number of benzene rings is 2. The Labute approximate surface area is 245 Å². The van der Waals surface area contributed by atoms with Gasteiger partial charge >= 0.3 is 0 Å². The minimum absolute atomic E-state index is 0.112. The van der Waals surface area contributed by atoms with E-state index in [1.54, 1.807) is 0 Å². The molecule has 42 heavy (non-hydrogen) atoms. The number of hydrogen-bond acceptors (Lipinski definition) is 4. The number of aromatic nitrogens is 3. The molecule has 4 N–H and O–H groups in total. The van der Waals surface area contributed by atoms with E-state index in [9.17, 15) is 10.2 Å². The topological polar surface area (TPSA) is 82.4 Å². The van der Waals surface area contributed by atoms with Crippen LogP contribution in [-0.2, 0) is 25.8 Å². The zero-order valence-electron chi connectivity index (χ0n) is 24.4. The summed E-state index contributed by atoms with van der Waals surface area (Å²) in [4.78, 5) is 12.2. The number of aromatic amines is 2. The molecule has 0 unspecified atom stereocenters. The van der Waals surface area contributed by atoms with Crippen LogP contribution in [0, 0.1) is 0 Å². The summed E-state index contributed by atoms with van der Waals surface area (Å²) in [5, 5.41) is 25.6. The molecule has 2 atom stereocenters. The number of fused-ring (bicyclic) bond motifs is 8. The van der Waals surface area contributed by atoms with Gasteiger partial charge in [-0.3, -0.25) is 9.80 Å². The predicted molar refractivity (Wildman–Crippen MR) is 167 cm³/mol.